The molecule has 0 unspecified atom stereocenters. The Morgan fingerprint density at radius 1 is 1.53 bits per heavy atom. The minimum atomic E-state index is -0.315. The maximum atomic E-state index is 11.6. The Morgan fingerprint density at radius 3 is 3.00 bits per heavy atom. The van der Waals surface area contributed by atoms with E-state index in [2.05, 4.69) is 15.3 Å². The standard InChI is InChI=1S/C11H11N3O2S/c1-2-12-9(15)8-10(16)14-11(17-8)7-5-3-4-6-13-7/h3-6,16H,2H2,1H3,(H,12,15). The van der Waals surface area contributed by atoms with Crippen molar-refractivity contribution >= 4 is 17.2 Å². The third-order valence-corrected chi connectivity index (χ3v) is 3.10. The number of aromatic nitrogens is 2. The van der Waals surface area contributed by atoms with E-state index in [0.29, 0.717) is 17.2 Å². The molecule has 0 aromatic carbocycles. The van der Waals surface area contributed by atoms with Crippen LogP contribution < -0.4 is 5.32 Å². The number of pyridine rings is 1. The molecular weight excluding hydrogens is 238 g/mol. The average molecular weight is 249 g/mol. The van der Waals surface area contributed by atoms with E-state index in [1.54, 1.807) is 18.3 Å². The smallest absolute Gasteiger partial charge is 0.266 e. The molecule has 0 bridgehead atoms. The topological polar surface area (TPSA) is 75.1 Å². The largest absolute Gasteiger partial charge is 0.492 e. The van der Waals surface area contributed by atoms with Crippen molar-refractivity contribution in [1.82, 2.24) is 15.3 Å². The van der Waals surface area contributed by atoms with Crippen LogP contribution in [0.15, 0.2) is 24.4 Å². The second-order valence-corrected chi connectivity index (χ2v) is 4.25. The Hall–Kier alpha value is -1.95. The molecule has 2 aromatic heterocycles. The lowest BCUT2D eigenvalue weighted by atomic mass is 10.4. The number of nitrogens with zero attached hydrogens (tertiary/aromatic N) is 2. The Kier molecular flexibility index (Phi) is 3.34. The Bertz CT molecular complexity index is 525. The first-order valence-corrected chi connectivity index (χ1v) is 5.93. The van der Waals surface area contributed by atoms with Crippen LogP contribution in [-0.2, 0) is 0 Å². The van der Waals surface area contributed by atoms with Crippen LogP contribution in [-0.4, -0.2) is 27.5 Å². The molecule has 5 nitrogen and oxygen atoms in total. The Morgan fingerprint density at radius 2 is 2.35 bits per heavy atom. The Balaban J connectivity index is 2.34. The van der Waals surface area contributed by atoms with Crippen molar-refractivity contribution in [3.8, 4) is 16.6 Å². The fourth-order valence-corrected chi connectivity index (χ4v) is 2.15. The minimum Gasteiger partial charge on any atom is -0.492 e. The molecule has 2 rings (SSSR count). The van der Waals surface area contributed by atoms with Crippen molar-refractivity contribution in [2.24, 2.45) is 0 Å². The number of rotatable bonds is 3. The molecule has 0 aliphatic carbocycles. The molecular formula is C11H11N3O2S. The fourth-order valence-electron chi connectivity index (χ4n) is 1.30. The number of carbonyl (C=O) groups excluding carboxylic acids is 1. The van der Waals surface area contributed by atoms with Gasteiger partial charge in [-0.2, -0.15) is 4.98 Å². The molecule has 0 aliphatic rings. The van der Waals surface area contributed by atoms with Crippen molar-refractivity contribution in [3.63, 3.8) is 0 Å². The van der Waals surface area contributed by atoms with Gasteiger partial charge in [-0.3, -0.25) is 9.78 Å². The summed E-state index contributed by atoms with van der Waals surface area (Å²) >= 11 is 1.12. The second kappa shape index (κ2) is 4.92. The maximum absolute atomic E-state index is 11.6. The maximum Gasteiger partial charge on any atom is 0.266 e. The van der Waals surface area contributed by atoms with Crippen LogP contribution >= 0.6 is 11.3 Å². The normalized spacial score (nSPS) is 10.2. The summed E-state index contributed by atoms with van der Waals surface area (Å²) in [5.74, 6) is -0.564. The van der Waals surface area contributed by atoms with Crippen molar-refractivity contribution in [2.75, 3.05) is 6.54 Å². The first-order valence-electron chi connectivity index (χ1n) is 5.11. The first kappa shape index (κ1) is 11.5. The number of carbonyl (C=O) groups is 1. The quantitative estimate of drug-likeness (QED) is 0.867. The van der Waals surface area contributed by atoms with Crippen molar-refractivity contribution in [3.05, 3.63) is 29.3 Å². The first-order chi connectivity index (χ1) is 8.22. The van der Waals surface area contributed by atoms with Crippen LogP contribution in [0.3, 0.4) is 0 Å². The summed E-state index contributed by atoms with van der Waals surface area (Å²) in [6, 6.07) is 5.40. The third-order valence-electron chi connectivity index (χ3n) is 2.04. The predicted octanol–water partition coefficient (Wildman–Crippen LogP) is 1.66. The van der Waals surface area contributed by atoms with Gasteiger partial charge in [0.15, 0.2) is 4.88 Å². The highest BCUT2D eigenvalue weighted by atomic mass is 32.1. The van der Waals surface area contributed by atoms with E-state index in [0.717, 1.165) is 11.3 Å². The highest BCUT2D eigenvalue weighted by Crippen LogP contribution is 2.30. The summed E-state index contributed by atoms with van der Waals surface area (Å²) in [5, 5.41) is 12.8. The SMILES string of the molecule is CCNC(=O)c1sc(-c2ccccn2)nc1O. The molecule has 0 fully saturated rings. The zero-order valence-electron chi connectivity index (χ0n) is 9.17. The van der Waals surface area contributed by atoms with Gasteiger partial charge in [0, 0.05) is 12.7 Å². The molecule has 2 aromatic rings. The summed E-state index contributed by atoms with van der Waals surface area (Å²) < 4.78 is 0. The molecule has 17 heavy (non-hydrogen) atoms. The van der Waals surface area contributed by atoms with E-state index in [1.165, 1.54) is 0 Å². The van der Waals surface area contributed by atoms with Crippen LogP contribution in [0.5, 0.6) is 5.88 Å². The summed E-state index contributed by atoms with van der Waals surface area (Å²) in [6.07, 6.45) is 1.64. The van der Waals surface area contributed by atoms with Crippen LogP contribution in [0, 0.1) is 0 Å². The molecule has 88 valence electrons. The lowest BCUT2D eigenvalue weighted by Crippen LogP contribution is -2.21. The average Bonchev–Trinajstić information content (AvgIpc) is 2.73. The van der Waals surface area contributed by atoms with E-state index in [-0.39, 0.29) is 16.7 Å². The molecule has 1 amide bonds. The zero-order chi connectivity index (χ0) is 12.3. The van der Waals surface area contributed by atoms with E-state index in [1.807, 2.05) is 13.0 Å². The number of thiazole rings is 1. The molecule has 0 spiro atoms. The number of aromatic hydroxyl groups is 1. The molecule has 0 atom stereocenters. The second-order valence-electron chi connectivity index (χ2n) is 3.25. The summed E-state index contributed by atoms with van der Waals surface area (Å²) in [6.45, 7) is 2.32. The monoisotopic (exact) mass is 249 g/mol. The van der Waals surface area contributed by atoms with Gasteiger partial charge in [-0.1, -0.05) is 6.07 Å². The summed E-state index contributed by atoms with van der Waals surface area (Å²) in [5.41, 5.74) is 0.642. The fraction of sp³-hybridized carbons (Fsp3) is 0.182. The predicted molar refractivity (Wildman–Crippen MR) is 65.0 cm³/mol. The van der Waals surface area contributed by atoms with Crippen LogP contribution in [0.1, 0.15) is 16.6 Å². The molecule has 0 saturated heterocycles. The lowest BCUT2D eigenvalue weighted by molar-refractivity contribution is 0.0957. The minimum absolute atomic E-state index is 0.215. The van der Waals surface area contributed by atoms with E-state index in [4.69, 9.17) is 0 Å². The molecule has 6 heteroatoms. The molecule has 2 N–H and O–H groups in total. The van der Waals surface area contributed by atoms with Gasteiger partial charge in [0.2, 0.25) is 5.88 Å². The molecule has 0 aliphatic heterocycles. The van der Waals surface area contributed by atoms with Gasteiger partial charge in [0.1, 0.15) is 5.01 Å². The van der Waals surface area contributed by atoms with Gasteiger partial charge in [-0.05, 0) is 19.1 Å². The van der Waals surface area contributed by atoms with E-state index >= 15 is 0 Å². The van der Waals surface area contributed by atoms with Crippen LogP contribution in [0.4, 0.5) is 0 Å². The molecule has 0 radical (unpaired) electrons. The van der Waals surface area contributed by atoms with E-state index < -0.39 is 0 Å². The number of nitrogens with one attached hydrogen (secondary N) is 1. The van der Waals surface area contributed by atoms with Gasteiger partial charge in [0.25, 0.3) is 5.91 Å². The zero-order valence-corrected chi connectivity index (χ0v) is 9.99. The number of hydrogen-bond acceptors (Lipinski definition) is 5. The number of amides is 1. The summed E-state index contributed by atoms with van der Waals surface area (Å²) in [7, 11) is 0. The van der Waals surface area contributed by atoms with Gasteiger partial charge >= 0.3 is 0 Å². The van der Waals surface area contributed by atoms with Gasteiger partial charge in [-0.25, -0.2) is 0 Å². The van der Waals surface area contributed by atoms with Gasteiger partial charge in [-0.15, -0.1) is 11.3 Å². The summed E-state index contributed by atoms with van der Waals surface area (Å²) in [4.78, 5) is 19.9. The van der Waals surface area contributed by atoms with Crippen molar-refractivity contribution in [1.29, 1.82) is 0 Å². The van der Waals surface area contributed by atoms with Gasteiger partial charge in [0.05, 0.1) is 5.69 Å². The molecule has 0 saturated carbocycles. The van der Waals surface area contributed by atoms with Crippen molar-refractivity contribution < 1.29 is 9.90 Å². The highest BCUT2D eigenvalue weighted by Gasteiger charge is 2.18. The lowest BCUT2D eigenvalue weighted by Gasteiger charge is -1.97. The van der Waals surface area contributed by atoms with Crippen LogP contribution in [0.2, 0.25) is 0 Å². The molecule has 2 heterocycles. The third kappa shape index (κ3) is 2.42. The Labute approximate surface area is 102 Å². The van der Waals surface area contributed by atoms with Gasteiger partial charge < -0.3 is 10.4 Å². The van der Waals surface area contributed by atoms with Crippen molar-refractivity contribution in [2.45, 2.75) is 6.92 Å². The van der Waals surface area contributed by atoms with E-state index in [9.17, 15) is 9.90 Å². The van der Waals surface area contributed by atoms with Crippen LogP contribution in [0.25, 0.3) is 10.7 Å². The number of hydrogen-bond donors (Lipinski definition) is 2. The highest BCUT2D eigenvalue weighted by molar-refractivity contribution is 7.17.